The molecule has 0 fully saturated rings. The molecule has 0 aliphatic rings. The van der Waals surface area contributed by atoms with Crippen molar-refractivity contribution in [1.29, 1.82) is 0 Å². The molecule has 0 aromatic rings. The van der Waals surface area contributed by atoms with Crippen molar-refractivity contribution in [3.63, 3.8) is 0 Å². The van der Waals surface area contributed by atoms with Crippen LogP contribution < -0.4 is 0 Å². The Kier molecular flexibility index (Phi) is 10.1. The predicted molar refractivity (Wildman–Crippen MR) is 95.3 cm³/mol. The van der Waals surface area contributed by atoms with Crippen molar-refractivity contribution in [2.45, 2.75) is 52.0 Å². The molecule has 0 radical (unpaired) electrons. The van der Waals surface area contributed by atoms with Crippen LogP contribution >= 0.6 is 11.6 Å². The van der Waals surface area contributed by atoms with E-state index in [2.05, 4.69) is 12.7 Å². The second-order valence-corrected chi connectivity index (χ2v) is 7.09. The van der Waals surface area contributed by atoms with E-state index >= 15 is 0 Å². The zero-order chi connectivity index (χ0) is 17.2. The first-order chi connectivity index (χ1) is 10.2. The van der Waals surface area contributed by atoms with Gasteiger partial charge in [0, 0.05) is 18.5 Å². The normalized spacial score (nSPS) is 14.4. The molecular formula is C18H30ClNO2. The van der Waals surface area contributed by atoms with Gasteiger partial charge in [0.15, 0.2) is 0 Å². The molecule has 0 aliphatic carbocycles. The monoisotopic (exact) mass is 327 g/mol. The summed E-state index contributed by atoms with van der Waals surface area (Å²) in [7, 11) is 0. The standard InChI is InChI=1S/C18H30ClNO2/c1-7-9-11-16(10-8-2)13-20(12-15(3)19)14-17(21)22-18(4,5)6/h7-8,10-11,15H,1,9,12-14H2,2-6H3/b10-8-,16-11+. The van der Waals surface area contributed by atoms with E-state index < -0.39 is 5.60 Å². The largest absolute Gasteiger partial charge is 0.459 e. The molecule has 0 amide bonds. The molecule has 1 atom stereocenters. The third kappa shape index (κ3) is 11.6. The van der Waals surface area contributed by atoms with E-state index in [0.717, 1.165) is 12.0 Å². The summed E-state index contributed by atoms with van der Waals surface area (Å²) in [5.74, 6) is -0.228. The van der Waals surface area contributed by atoms with Crippen LogP contribution in [0, 0.1) is 0 Å². The van der Waals surface area contributed by atoms with Gasteiger partial charge in [-0.05, 0) is 46.6 Å². The molecule has 0 aromatic carbocycles. The highest BCUT2D eigenvalue weighted by Gasteiger charge is 2.20. The first-order valence-electron chi connectivity index (χ1n) is 7.68. The van der Waals surface area contributed by atoms with E-state index in [9.17, 15) is 4.79 Å². The summed E-state index contributed by atoms with van der Waals surface area (Å²) in [6, 6.07) is 0. The second-order valence-electron chi connectivity index (χ2n) is 6.34. The van der Waals surface area contributed by atoms with Crippen LogP contribution in [0.3, 0.4) is 0 Å². The number of allylic oxidation sites excluding steroid dienone is 3. The number of halogens is 1. The minimum Gasteiger partial charge on any atom is -0.459 e. The Morgan fingerprint density at radius 1 is 1.36 bits per heavy atom. The van der Waals surface area contributed by atoms with E-state index in [4.69, 9.17) is 16.3 Å². The highest BCUT2D eigenvalue weighted by Crippen LogP contribution is 2.10. The van der Waals surface area contributed by atoms with Crippen LogP contribution in [0.25, 0.3) is 0 Å². The van der Waals surface area contributed by atoms with Crippen LogP contribution in [0.4, 0.5) is 0 Å². The molecule has 0 N–H and O–H groups in total. The van der Waals surface area contributed by atoms with Gasteiger partial charge in [0.25, 0.3) is 0 Å². The van der Waals surface area contributed by atoms with Gasteiger partial charge in [0.1, 0.15) is 5.60 Å². The summed E-state index contributed by atoms with van der Waals surface area (Å²) in [6.45, 7) is 14.8. The molecular weight excluding hydrogens is 298 g/mol. The molecule has 4 heteroatoms. The Balaban J connectivity index is 4.88. The van der Waals surface area contributed by atoms with Gasteiger partial charge >= 0.3 is 5.97 Å². The number of esters is 1. The maximum atomic E-state index is 12.0. The van der Waals surface area contributed by atoms with Crippen LogP contribution in [0.5, 0.6) is 0 Å². The topological polar surface area (TPSA) is 29.5 Å². The molecule has 3 nitrogen and oxygen atoms in total. The summed E-state index contributed by atoms with van der Waals surface area (Å²) >= 11 is 6.11. The fourth-order valence-electron chi connectivity index (χ4n) is 1.99. The van der Waals surface area contributed by atoms with Crippen molar-refractivity contribution in [3.8, 4) is 0 Å². The van der Waals surface area contributed by atoms with E-state index in [-0.39, 0.29) is 17.9 Å². The van der Waals surface area contributed by atoms with E-state index in [1.54, 1.807) is 0 Å². The van der Waals surface area contributed by atoms with Crippen LogP contribution in [0.1, 0.15) is 41.0 Å². The van der Waals surface area contributed by atoms with Crippen LogP contribution in [-0.4, -0.2) is 41.5 Å². The van der Waals surface area contributed by atoms with Crippen molar-refractivity contribution in [3.05, 3.63) is 36.5 Å². The molecule has 126 valence electrons. The van der Waals surface area contributed by atoms with E-state index in [0.29, 0.717) is 13.1 Å². The third-order valence-corrected chi connectivity index (χ3v) is 2.75. The smallest absolute Gasteiger partial charge is 0.320 e. The molecule has 0 rings (SSSR count). The van der Waals surface area contributed by atoms with Crippen molar-refractivity contribution in [1.82, 2.24) is 4.90 Å². The van der Waals surface area contributed by atoms with Gasteiger partial charge in [-0.15, -0.1) is 18.2 Å². The highest BCUT2D eigenvalue weighted by molar-refractivity contribution is 6.20. The van der Waals surface area contributed by atoms with Gasteiger partial charge in [0.05, 0.1) is 6.54 Å². The second kappa shape index (κ2) is 10.6. The summed E-state index contributed by atoms with van der Waals surface area (Å²) in [4.78, 5) is 14.1. The lowest BCUT2D eigenvalue weighted by molar-refractivity contribution is -0.156. The maximum Gasteiger partial charge on any atom is 0.320 e. The molecule has 0 aromatic heterocycles. The number of nitrogens with zero attached hydrogens (tertiary/aromatic N) is 1. The Bertz CT molecular complexity index is 406. The SMILES string of the molecule is C=CC/C=C(\C=C/C)CN(CC(=O)OC(C)(C)C)CC(C)Cl. The van der Waals surface area contributed by atoms with Crippen molar-refractivity contribution >= 4 is 17.6 Å². The highest BCUT2D eigenvalue weighted by atomic mass is 35.5. The average Bonchev–Trinajstić information content (AvgIpc) is 2.32. The molecule has 1 unspecified atom stereocenters. The molecule has 0 heterocycles. The summed E-state index contributed by atoms with van der Waals surface area (Å²) in [5.41, 5.74) is 0.670. The Labute approximate surface area is 140 Å². The Hall–Kier alpha value is -1.06. The minimum absolute atomic E-state index is 0.0336. The molecule has 0 spiro atoms. The number of alkyl halides is 1. The average molecular weight is 328 g/mol. The van der Waals surface area contributed by atoms with Crippen LogP contribution in [0.15, 0.2) is 36.5 Å². The van der Waals surface area contributed by atoms with Crippen molar-refractivity contribution in [2.24, 2.45) is 0 Å². The fourth-order valence-corrected chi connectivity index (χ4v) is 2.18. The third-order valence-electron chi connectivity index (χ3n) is 2.62. The summed E-state index contributed by atoms with van der Waals surface area (Å²) < 4.78 is 5.40. The lowest BCUT2D eigenvalue weighted by Crippen LogP contribution is -2.38. The lowest BCUT2D eigenvalue weighted by atomic mass is 10.1. The number of ether oxygens (including phenoxy) is 1. The molecule has 0 aliphatic heterocycles. The first-order valence-corrected chi connectivity index (χ1v) is 8.12. The van der Waals surface area contributed by atoms with Crippen molar-refractivity contribution in [2.75, 3.05) is 19.6 Å². The van der Waals surface area contributed by atoms with E-state index in [1.807, 2.05) is 57.7 Å². The van der Waals surface area contributed by atoms with Gasteiger partial charge in [-0.2, -0.15) is 0 Å². The quantitative estimate of drug-likeness (QED) is 0.273. The van der Waals surface area contributed by atoms with Gasteiger partial charge < -0.3 is 4.74 Å². The van der Waals surface area contributed by atoms with E-state index in [1.165, 1.54) is 0 Å². The predicted octanol–water partition coefficient (Wildman–Crippen LogP) is 4.34. The molecule has 0 saturated carbocycles. The zero-order valence-electron chi connectivity index (χ0n) is 14.6. The number of carbonyl (C=O) groups excluding carboxylic acids is 1. The Morgan fingerprint density at radius 3 is 2.45 bits per heavy atom. The fraction of sp³-hybridized carbons (Fsp3) is 0.611. The number of hydrogen-bond donors (Lipinski definition) is 0. The van der Waals surface area contributed by atoms with Crippen molar-refractivity contribution < 1.29 is 9.53 Å². The molecule has 22 heavy (non-hydrogen) atoms. The molecule has 0 saturated heterocycles. The van der Waals surface area contributed by atoms with Gasteiger partial charge in [0.2, 0.25) is 0 Å². The van der Waals surface area contributed by atoms with Gasteiger partial charge in [-0.25, -0.2) is 0 Å². The van der Waals surface area contributed by atoms with Gasteiger partial charge in [-0.3, -0.25) is 9.69 Å². The number of rotatable bonds is 9. The molecule has 0 bridgehead atoms. The summed E-state index contributed by atoms with van der Waals surface area (Å²) in [5, 5.41) is -0.0336. The number of hydrogen-bond acceptors (Lipinski definition) is 3. The minimum atomic E-state index is -0.472. The summed E-state index contributed by atoms with van der Waals surface area (Å²) in [6.07, 6.45) is 8.80. The van der Waals surface area contributed by atoms with Crippen LogP contribution in [0.2, 0.25) is 0 Å². The maximum absolute atomic E-state index is 12.0. The zero-order valence-corrected chi connectivity index (χ0v) is 15.3. The van der Waals surface area contributed by atoms with Gasteiger partial charge in [-0.1, -0.05) is 24.3 Å². The Morgan fingerprint density at radius 2 is 2.00 bits per heavy atom. The number of carbonyl (C=O) groups is 1. The van der Waals surface area contributed by atoms with Crippen LogP contribution in [-0.2, 0) is 9.53 Å². The lowest BCUT2D eigenvalue weighted by Gasteiger charge is -2.26. The first kappa shape index (κ1) is 20.9.